The lowest BCUT2D eigenvalue weighted by molar-refractivity contribution is 0.360. The van der Waals surface area contributed by atoms with Crippen LogP contribution >= 0.6 is 15.9 Å². The van der Waals surface area contributed by atoms with Crippen molar-refractivity contribution < 1.29 is 9.47 Å². The van der Waals surface area contributed by atoms with Crippen LogP contribution in [0, 0.1) is 13.8 Å². The highest BCUT2D eigenvalue weighted by Gasteiger charge is 2.09. The van der Waals surface area contributed by atoms with Crippen molar-refractivity contribution in [3.05, 3.63) is 27.7 Å². The number of methoxy groups -OCH3 is 1. The average Bonchev–Trinajstić information content (AvgIpc) is 2.35. The fourth-order valence-corrected chi connectivity index (χ4v) is 1.79. The molecule has 0 atom stereocenters. The molecule has 7 heteroatoms. The van der Waals surface area contributed by atoms with Gasteiger partial charge in [0.05, 0.1) is 7.11 Å². The second-order valence-electron chi connectivity index (χ2n) is 3.94. The van der Waals surface area contributed by atoms with Crippen LogP contribution in [-0.2, 0) is 0 Å². The molecular formula is C12H13BrN4O2. The highest BCUT2D eigenvalue weighted by atomic mass is 79.9. The Bertz CT molecular complexity index is 596. The Hall–Kier alpha value is -1.89. The average molecular weight is 325 g/mol. The van der Waals surface area contributed by atoms with E-state index in [0.717, 1.165) is 15.6 Å². The molecule has 0 aliphatic heterocycles. The van der Waals surface area contributed by atoms with Gasteiger partial charge in [0, 0.05) is 4.47 Å². The minimum atomic E-state index is 0.0485. The lowest BCUT2D eigenvalue weighted by atomic mass is 10.1. The van der Waals surface area contributed by atoms with Crippen LogP contribution in [0.15, 0.2) is 16.6 Å². The van der Waals surface area contributed by atoms with E-state index in [0.29, 0.717) is 5.75 Å². The van der Waals surface area contributed by atoms with Crippen molar-refractivity contribution in [2.24, 2.45) is 0 Å². The number of nitrogen functional groups attached to an aromatic ring is 1. The maximum Gasteiger partial charge on any atom is 0.330 e. The van der Waals surface area contributed by atoms with E-state index in [9.17, 15) is 0 Å². The second-order valence-corrected chi connectivity index (χ2v) is 4.73. The van der Waals surface area contributed by atoms with Crippen LogP contribution in [-0.4, -0.2) is 22.1 Å². The molecule has 2 aromatic rings. The zero-order valence-electron chi connectivity index (χ0n) is 10.8. The number of hydrogen-bond acceptors (Lipinski definition) is 6. The number of rotatable bonds is 3. The summed E-state index contributed by atoms with van der Waals surface area (Å²) in [6, 6.07) is 3.98. The number of halogens is 1. The van der Waals surface area contributed by atoms with Crippen molar-refractivity contribution in [1.82, 2.24) is 15.0 Å². The van der Waals surface area contributed by atoms with Crippen LogP contribution in [0.4, 0.5) is 5.95 Å². The quantitative estimate of drug-likeness (QED) is 0.934. The smallest absolute Gasteiger partial charge is 0.330 e. The molecular weight excluding hydrogens is 312 g/mol. The highest BCUT2D eigenvalue weighted by Crippen LogP contribution is 2.28. The van der Waals surface area contributed by atoms with Gasteiger partial charge in [0.25, 0.3) is 0 Å². The summed E-state index contributed by atoms with van der Waals surface area (Å²) in [5, 5.41) is 0. The SMILES string of the molecule is COc1nc(N)nc(Oc2cc(C)c(Br)c(C)c2)n1. The van der Waals surface area contributed by atoms with Crippen molar-refractivity contribution >= 4 is 21.9 Å². The van der Waals surface area contributed by atoms with Crippen LogP contribution in [0.3, 0.4) is 0 Å². The maximum absolute atomic E-state index is 5.58. The predicted octanol–water partition coefficient (Wildman–Crippen LogP) is 2.63. The van der Waals surface area contributed by atoms with Gasteiger partial charge in [-0.05, 0) is 37.1 Å². The molecule has 1 heterocycles. The number of benzene rings is 1. The zero-order chi connectivity index (χ0) is 14.0. The van der Waals surface area contributed by atoms with Crippen molar-refractivity contribution in [1.29, 1.82) is 0 Å². The Morgan fingerprint density at radius 3 is 2.21 bits per heavy atom. The topological polar surface area (TPSA) is 83.2 Å². The summed E-state index contributed by atoms with van der Waals surface area (Å²) < 4.78 is 11.5. The van der Waals surface area contributed by atoms with E-state index in [1.54, 1.807) is 0 Å². The van der Waals surface area contributed by atoms with Gasteiger partial charge in [0.1, 0.15) is 5.75 Å². The van der Waals surface area contributed by atoms with Gasteiger partial charge in [0.2, 0.25) is 5.95 Å². The Kier molecular flexibility index (Phi) is 3.84. The molecule has 0 aliphatic carbocycles. The van der Waals surface area contributed by atoms with Gasteiger partial charge >= 0.3 is 12.0 Å². The van der Waals surface area contributed by atoms with Crippen molar-refractivity contribution in [3.8, 4) is 17.8 Å². The van der Waals surface area contributed by atoms with E-state index in [1.165, 1.54) is 7.11 Å². The third kappa shape index (κ3) is 3.11. The lowest BCUT2D eigenvalue weighted by Gasteiger charge is -2.09. The van der Waals surface area contributed by atoms with Crippen molar-refractivity contribution in [2.75, 3.05) is 12.8 Å². The predicted molar refractivity (Wildman–Crippen MR) is 74.5 cm³/mol. The van der Waals surface area contributed by atoms with Crippen molar-refractivity contribution in [2.45, 2.75) is 13.8 Å². The lowest BCUT2D eigenvalue weighted by Crippen LogP contribution is -2.03. The standard InChI is InChI=1S/C12H13BrN4O2/c1-6-4-8(5-7(2)9(6)13)19-12-16-10(14)15-11(17-12)18-3/h4-5H,1-3H3,(H2,14,15,16,17). The molecule has 0 bridgehead atoms. The van der Waals surface area contributed by atoms with Gasteiger partial charge in [-0.2, -0.15) is 9.97 Å². The minimum absolute atomic E-state index is 0.0485. The molecule has 2 rings (SSSR count). The minimum Gasteiger partial charge on any atom is -0.467 e. The van der Waals surface area contributed by atoms with Gasteiger partial charge < -0.3 is 15.2 Å². The zero-order valence-corrected chi connectivity index (χ0v) is 12.4. The first kappa shape index (κ1) is 13.5. The Morgan fingerprint density at radius 2 is 1.63 bits per heavy atom. The molecule has 0 saturated heterocycles. The van der Waals surface area contributed by atoms with Gasteiger partial charge in [-0.15, -0.1) is 4.98 Å². The number of ether oxygens (including phenoxy) is 2. The molecule has 0 radical (unpaired) electrons. The molecule has 0 saturated carbocycles. The molecule has 0 fully saturated rings. The molecule has 0 amide bonds. The van der Waals surface area contributed by atoms with Crippen LogP contribution in [0.1, 0.15) is 11.1 Å². The molecule has 19 heavy (non-hydrogen) atoms. The largest absolute Gasteiger partial charge is 0.467 e. The summed E-state index contributed by atoms with van der Waals surface area (Å²) in [5.41, 5.74) is 7.66. The first-order valence-corrected chi connectivity index (χ1v) is 6.29. The molecule has 0 unspecified atom stereocenters. The number of anilines is 1. The number of nitrogens with two attached hydrogens (primary N) is 1. The molecule has 0 spiro atoms. The summed E-state index contributed by atoms with van der Waals surface area (Å²) in [6.07, 6.45) is 0. The third-order valence-electron chi connectivity index (χ3n) is 2.41. The second kappa shape index (κ2) is 5.40. The number of aromatic nitrogens is 3. The van der Waals surface area contributed by atoms with Gasteiger partial charge in [-0.1, -0.05) is 15.9 Å². The van der Waals surface area contributed by atoms with E-state index in [4.69, 9.17) is 15.2 Å². The highest BCUT2D eigenvalue weighted by molar-refractivity contribution is 9.10. The van der Waals surface area contributed by atoms with Gasteiger partial charge in [-0.3, -0.25) is 0 Å². The number of hydrogen-bond donors (Lipinski definition) is 1. The summed E-state index contributed by atoms with van der Waals surface area (Å²) in [6.45, 7) is 3.96. The third-order valence-corrected chi connectivity index (χ3v) is 3.66. The monoisotopic (exact) mass is 324 g/mol. The summed E-state index contributed by atoms with van der Waals surface area (Å²) >= 11 is 3.50. The molecule has 100 valence electrons. The first-order chi connectivity index (χ1) is 8.99. The summed E-state index contributed by atoms with van der Waals surface area (Å²) in [5.74, 6) is 0.679. The summed E-state index contributed by atoms with van der Waals surface area (Å²) in [4.78, 5) is 11.7. The van der Waals surface area contributed by atoms with Crippen molar-refractivity contribution in [3.63, 3.8) is 0 Å². The Labute approximate surface area is 119 Å². The van der Waals surface area contributed by atoms with Crippen LogP contribution in [0.2, 0.25) is 0 Å². The van der Waals surface area contributed by atoms with E-state index in [1.807, 2.05) is 26.0 Å². The Morgan fingerprint density at radius 1 is 1.05 bits per heavy atom. The molecule has 0 aliphatic rings. The maximum atomic E-state index is 5.58. The van der Waals surface area contributed by atoms with Crippen LogP contribution < -0.4 is 15.2 Å². The fourth-order valence-electron chi connectivity index (χ4n) is 1.56. The van der Waals surface area contributed by atoms with Gasteiger partial charge in [0.15, 0.2) is 0 Å². The fraction of sp³-hybridized carbons (Fsp3) is 0.250. The molecule has 6 nitrogen and oxygen atoms in total. The van der Waals surface area contributed by atoms with Crippen LogP contribution in [0.5, 0.6) is 17.8 Å². The number of aryl methyl sites for hydroxylation is 2. The van der Waals surface area contributed by atoms with Crippen LogP contribution in [0.25, 0.3) is 0 Å². The molecule has 1 aromatic heterocycles. The van der Waals surface area contributed by atoms with E-state index < -0.39 is 0 Å². The molecule has 2 N–H and O–H groups in total. The Balaban J connectivity index is 2.33. The first-order valence-electron chi connectivity index (χ1n) is 5.49. The normalized spacial score (nSPS) is 10.3. The van der Waals surface area contributed by atoms with E-state index >= 15 is 0 Å². The van der Waals surface area contributed by atoms with E-state index in [-0.39, 0.29) is 18.0 Å². The number of nitrogens with zero attached hydrogens (tertiary/aromatic N) is 3. The molecule has 1 aromatic carbocycles. The summed E-state index contributed by atoms with van der Waals surface area (Å²) in [7, 11) is 1.45. The van der Waals surface area contributed by atoms with Gasteiger partial charge in [-0.25, -0.2) is 0 Å². The van der Waals surface area contributed by atoms with E-state index in [2.05, 4.69) is 30.9 Å².